The molecule has 1 aromatic carbocycles. The third-order valence-corrected chi connectivity index (χ3v) is 4.59. The van der Waals surface area contributed by atoms with E-state index in [2.05, 4.69) is 42.8 Å². The molecule has 1 saturated heterocycles. The molecule has 1 unspecified atom stereocenters. The molecule has 0 radical (unpaired) electrons. The maximum absolute atomic E-state index is 6.36. The fourth-order valence-electron chi connectivity index (χ4n) is 2.58. The summed E-state index contributed by atoms with van der Waals surface area (Å²) in [6, 6.07) is 8.37. The fraction of sp³-hybridized carbons (Fsp3) is 0.667. The summed E-state index contributed by atoms with van der Waals surface area (Å²) in [5, 5.41) is 0. The minimum atomic E-state index is 0.0759. The van der Waals surface area contributed by atoms with Crippen LogP contribution in [0.2, 0.25) is 0 Å². The predicted molar refractivity (Wildman–Crippen MR) is 92.3 cm³/mol. The van der Waals surface area contributed by atoms with Crippen molar-refractivity contribution in [3.63, 3.8) is 0 Å². The summed E-state index contributed by atoms with van der Waals surface area (Å²) in [7, 11) is 2.18. The first-order valence-corrected chi connectivity index (χ1v) is 8.47. The van der Waals surface area contributed by atoms with Gasteiger partial charge in [-0.2, -0.15) is 0 Å². The third kappa shape index (κ3) is 5.27. The van der Waals surface area contributed by atoms with E-state index in [1.54, 1.807) is 0 Å². The van der Waals surface area contributed by atoms with Gasteiger partial charge < -0.3 is 15.4 Å². The van der Waals surface area contributed by atoms with E-state index < -0.39 is 0 Å². The van der Waals surface area contributed by atoms with Crippen molar-refractivity contribution in [1.29, 1.82) is 0 Å². The Morgan fingerprint density at radius 1 is 1.14 bits per heavy atom. The Bertz CT molecular complexity index is 426. The van der Waals surface area contributed by atoms with Crippen molar-refractivity contribution >= 4 is 0 Å². The van der Waals surface area contributed by atoms with Gasteiger partial charge in [0.15, 0.2) is 0 Å². The van der Waals surface area contributed by atoms with E-state index in [0.717, 1.165) is 51.5 Å². The highest BCUT2D eigenvalue weighted by Gasteiger charge is 2.17. The number of nitrogens with two attached hydrogens (primary N) is 1. The highest BCUT2D eigenvalue weighted by Crippen LogP contribution is 2.18. The average molecular weight is 305 g/mol. The maximum Gasteiger partial charge on any atom is 0.119 e. The molecule has 2 atom stereocenters. The Morgan fingerprint density at radius 3 is 2.36 bits per heavy atom. The zero-order chi connectivity index (χ0) is 15.9. The highest BCUT2D eigenvalue weighted by molar-refractivity contribution is 5.29. The van der Waals surface area contributed by atoms with Crippen LogP contribution >= 0.6 is 0 Å². The molecular formula is C18H31N3O. The largest absolute Gasteiger partial charge is 0.493 e. The van der Waals surface area contributed by atoms with Gasteiger partial charge in [0, 0.05) is 38.8 Å². The van der Waals surface area contributed by atoms with Crippen molar-refractivity contribution in [3.05, 3.63) is 29.8 Å². The van der Waals surface area contributed by atoms with Gasteiger partial charge in [-0.1, -0.05) is 32.4 Å². The number of ether oxygens (including phenoxy) is 1. The van der Waals surface area contributed by atoms with Gasteiger partial charge in [-0.3, -0.25) is 4.90 Å². The van der Waals surface area contributed by atoms with Gasteiger partial charge in [0.25, 0.3) is 0 Å². The topological polar surface area (TPSA) is 41.7 Å². The van der Waals surface area contributed by atoms with Crippen molar-refractivity contribution < 1.29 is 4.74 Å². The number of likely N-dealkylation sites (N-methyl/N-ethyl adjacent to an activating group) is 1. The van der Waals surface area contributed by atoms with E-state index in [-0.39, 0.29) is 6.04 Å². The lowest BCUT2D eigenvalue weighted by Gasteiger charge is -2.33. The Hall–Kier alpha value is -1.10. The van der Waals surface area contributed by atoms with E-state index in [1.165, 1.54) is 5.56 Å². The van der Waals surface area contributed by atoms with Crippen molar-refractivity contribution in [3.8, 4) is 5.75 Å². The van der Waals surface area contributed by atoms with Crippen LogP contribution in [0.1, 0.15) is 31.9 Å². The van der Waals surface area contributed by atoms with Crippen molar-refractivity contribution in [2.75, 3.05) is 46.4 Å². The summed E-state index contributed by atoms with van der Waals surface area (Å²) in [5.74, 6) is 1.54. The van der Waals surface area contributed by atoms with Crippen LogP contribution in [0, 0.1) is 5.92 Å². The summed E-state index contributed by atoms with van der Waals surface area (Å²) in [5.41, 5.74) is 7.55. The van der Waals surface area contributed by atoms with E-state index in [4.69, 9.17) is 10.5 Å². The van der Waals surface area contributed by atoms with E-state index in [1.807, 2.05) is 12.1 Å². The van der Waals surface area contributed by atoms with Gasteiger partial charge in [0.05, 0.1) is 6.61 Å². The van der Waals surface area contributed by atoms with E-state index >= 15 is 0 Å². The van der Waals surface area contributed by atoms with Crippen LogP contribution in [-0.2, 0) is 0 Å². The van der Waals surface area contributed by atoms with Crippen LogP contribution in [0.15, 0.2) is 24.3 Å². The van der Waals surface area contributed by atoms with Crippen LogP contribution in [0.3, 0.4) is 0 Å². The number of hydrogen-bond donors (Lipinski definition) is 1. The molecule has 1 aliphatic heterocycles. The Balaban J connectivity index is 1.81. The smallest absolute Gasteiger partial charge is 0.119 e. The molecule has 4 nitrogen and oxygen atoms in total. The number of hydrogen-bond acceptors (Lipinski definition) is 4. The summed E-state index contributed by atoms with van der Waals surface area (Å²) in [4.78, 5) is 4.82. The van der Waals surface area contributed by atoms with Crippen LogP contribution in [0.25, 0.3) is 0 Å². The molecule has 0 amide bonds. The third-order valence-electron chi connectivity index (χ3n) is 4.59. The molecule has 0 aliphatic carbocycles. The minimum Gasteiger partial charge on any atom is -0.493 e. The van der Waals surface area contributed by atoms with Gasteiger partial charge in [-0.15, -0.1) is 0 Å². The monoisotopic (exact) mass is 305 g/mol. The van der Waals surface area contributed by atoms with Crippen molar-refractivity contribution in [2.24, 2.45) is 11.7 Å². The molecule has 0 saturated carbocycles. The quantitative estimate of drug-likeness (QED) is 0.840. The second-order valence-corrected chi connectivity index (χ2v) is 6.60. The van der Waals surface area contributed by atoms with E-state index in [9.17, 15) is 0 Å². The molecule has 124 valence electrons. The van der Waals surface area contributed by atoms with Gasteiger partial charge in [0.2, 0.25) is 0 Å². The number of benzene rings is 1. The lowest BCUT2D eigenvalue weighted by molar-refractivity contribution is 0.147. The van der Waals surface area contributed by atoms with Gasteiger partial charge in [0.1, 0.15) is 5.75 Å². The predicted octanol–water partition coefficient (Wildman–Crippen LogP) is 2.36. The summed E-state index contributed by atoms with van der Waals surface area (Å²) in [6.07, 6.45) is 1.15. The highest BCUT2D eigenvalue weighted by atomic mass is 16.5. The molecule has 22 heavy (non-hydrogen) atoms. The zero-order valence-corrected chi connectivity index (χ0v) is 14.3. The van der Waals surface area contributed by atoms with Gasteiger partial charge in [-0.05, 0) is 30.7 Å². The normalized spacial score (nSPS) is 19.8. The molecule has 4 heteroatoms. The lowest BCUT2D eigenvalue weighted by Crippen LogP contribution is -2.46. The van der Waals surface area contributed by atoms with Gasteiger partial charge in [-0.25, -0.2) is 0 Å². The summed E-state index contributed by atoms with van der Waals surface area (Å²) in [6.45, 7) is 10.6. The van der Waals surface area contributed by atoms with Crippen LogP contribution < -0.4 is 10.5 Å². The van der Waals surface area contributed by atoms with E-state index in [0.29, 0.717) is 5.92 Å². The average Bonchev–Trinajstić information content (AvgIpc) is 2.55. The van der Waals surface area contributed by atoms with Crippen LogP contribution in [-0.4, -0.2) is 56.2 Å². The molecule has 0 aromatic heterocycles. The summed E-state index contributed by atoms with van der Waals surface area (Å²) < 4.78 is 5.80. The first kappa shape index (κ1) is 17.3. The molecule has 2 N–H and O–H groups in total. The number of piperazine rings is 1. The zero-order valence-electron chi connectivity index (χ0n) is 14.3. The van der Waals surface area contributed by atoms with Crippen LogP contribution in [0.4, 0.5) is 0 Å². The first-order valence-electron chi connectivity index (χ1n) is 8.47. The Labute approximate surface area is 135 Å². The maximum atomic E-state index is 6.36. The molecule has 2 rings (SSSR count). The van der Waals surface area contributed by atoms with Crippen molar-refractivity contribution in [2.45, 2.75) is 26.3 Å². The standard InChI is InChI=1S/C18H31N3O/c1-4-15(2)14-22-17-7-5-16(6-8-17)18(19)13-21-11-9-20(3)10-12-21/h5-8,15,18H,4,9-14,19H2,1-3H3/t15?,18-/m0/s1. The fourth-order valence-corrected chi connectivity index (χ4v) is 2.58. The number of nitrogens with zero attached hydrogens (tertiary/aromatic N) is 2. The summed E-state index contributed by atoms with van der Waals surface area (Å²) >= 11 is 0. The minimum absolute atomic E-state index is 0.0759. The van der Waals surface area contributed by atoms with Crippen molar-refractivity contribution in [1.82, 2.24) is 9.80 Å². The molecule has 1 heterocycles. The first-order chi connectivity index (χ1) is 10.6. The molecule has 1 fully saturated rings. The second-order valence-electron chi connectivity index (χ2n) is 6.60. The SMILES string of the molecule is CCC(C)COc1ccc([C@@H](N)CN2CCN(C)CC2)cc1. The molecular weight excluding hydrogens is 274 g/mol. The molecule has 1 aliphatic rings. The lowest BCUT2D eigenvalue weighted by atomic mass is 10.1. The number of rotatable bonds is 7. The van der Waals surface area contributed by atoms with Gasteiger partial charge >= 0.3 is 0 Å². The second kappa shape index (κ2) is 8.51. The molecule has 0 bridgehead atoms. The Morgan fingerprint density at radius 2 is 1.77 bits per heavy atom. The molecule has 1 aromatic rings. The van der Waals surface area contributed by atoms with Crippen LogP contribution in [0.5, 0.6) is 5.75 Å². The molecule has 0 spiro atoms. The Kier molecular flexibility index (Phi) is 6.68.